The number of thiophene rings is 1. The average molecular weight is 281 g/mol. The molecule has 1 aromatic carbocycles. The Morgan fingerprint density at radius 1 is 1.44 bits per heavy atom. The number of nitrogens with two attached hydrogens (primary N) is 1. The highest BCUT2D eigenvalue weighted by molar-refractivity contribution is 7.12. The number of benzene rings is 1. The van der Waals surface area contributed by atoms with E-state index in [0.717, 1.165) is 27.3 Å². The molecule has 0 aliphatic carbocycles. The molecule has 0 aliphatic rings. The van der Waals surface area contributed by atoms with Crippen molar-refractivity contribution in [3.05, 3.63) is 40.1 Å². The van der Waals surface area contributed by atoms with Crippen molar-refractivity contribution < 1.29 is 4.74 Å². The zero-order chi connectivity index (χ0) is 13.1. The maximum absolute atomic E-state index is 7.56. The van der Waals surface area contributed by atoms with E-state index < -0.39 is 0 Å². The second-order valence-electron chi connectivity index (χ2n) is 3.74. The number of nitrogens with one attached hydrogen (secondary N) is 1. The SMILES string of the molecule is COc1ccc(-c2ccsc2C(=N)N)cc1CCl. The summed E-state index contributed by atoms with van der Waals surface area (Å²) in [5.74, 6) is 1.24. The van der Waals surface area contributed by atoms with E-state index in [1.165, 1.54) is 11.3 Å². The Morgan fingerprint density at radius 3 is 2.83 bits per heavy atom. The first-order valence-corrected chi connectivity index (χ1v) is 6.74. The lowest BCUT2D eigenvalue weighted by Gasteiger charge is -2.09. The molecule has 0 fully saturated rings. The Bertz CT molecular complexity index is 580. The molecule has 5 heteroatoms. The minimum absolute atomic E-state index is 0.0863. The van der Waals surface area contributed by atoms with Gasteiger partial charge in [0.25, 0.3) is 0 Å². The molecule has 3 N–H and O–H groups in total. The molecular weight excluding hydrogens is 268 g/mol. The van der Waals surface area contributed by atoms with Gasteiger partial charge in [-0.05, 0) is 29.1 Å². The number of alkyl halides is 1. The minimum Gasteiger partial charge on any atom is -0.496 e. The van der Waals surface area contributed by atoms with Crippen LogP contribution in [0.3, 0.4) is 0 Å². The topological polar surface area (TPSA) is 59.1 Å². The van der Waals surface area contributed by atoms with Crippen LogP contribution in [-0.4, -0.2) is 12.9 Å². The molecule has 0 unspecified atom stereocenters. The van der Waals surface area contributed by atoms with Crippen molar-refractivity contribution in [2.24, 2.45) is 5.73 Å². The fourth-order valence-electron chi connectivity index (χ4n) is 1.80. The molecule has 0 atom stereocenters. The molecule has 1 heterocycles. The average Bonchev–Trinajstić information content (AvgIpc) is 2.87. The molecule has 0 saturated heterocycles. The Labute approximate surface area is 115 Å². The molecule has 3 nitrogen and oxygen atoms in total. The van der Waals surface area contributed by atoms with Crippen LogP contribution >= 0.6 is 22.9 Å². The predicted octanol–water partition coefficient (Wildman–Crippen LogP) is 3.45. The minimum atomic E-state index is 0.0863. The van der Waals surface area contributed by atoms with Gasteiger partial charge in [-0.15, -0.1) is 22.9 Å². The first kappa shape index (κ1) is 12.9. The van der Waals surface area contributed by atoms with E-state index in [4.69, 9.17) is 27.5 Å². The maximum atomic E-state index is 7.56. The lowest BCUT2D eigenvalue weighted by molar-refractivity contribution is 0.411. The molecule has 0 radical (unpaired) electrons. The van der Waals surface area contributed by atoms with Crippen LogP contribution in [0.2, 0.25) is 0 Å². The molecule has 18 heavy (non-hydrogen) atoms. The van der Waals surface area contributed by atoms with Crippen LogP contribution < -0.4 is 10.5 Å². The highest BCUT2D eigenvalue weighted by Crippen LogP contribution is 2.32. The molecule has 0 saturated carbocycles. The monoisotopic (exact) mass is 280 g/mol. The summed E-state index contributed by atoms with van der Waals surface area (Å²) in [4.78, 5) is 0.778. The summed E-state index contributed by atoms with van der Waals surface area (Å²) in [6.07, 6.45) is 0. The molecule has 0 amide bonds. The lowest BCUT2D eigenvalue weighted by atomic mass is 10.0. The molecule has 0 bridgehead atoms. The zero-order valence-electron chi connectivity index (χ0n) is 9.87. The van der Waals surface area contributed by atoms with Crippen molar-refractivity contribution in [1.82, 2.24) is 0 Å². The number of hydrogen-bond donors (Lipinski definition) is 2. The number of amidine groups is 1. The molecule has 94 valence electrons. The predicted molar refractivity (Wildman–Crippen MR) is 76.9 cm³/mol. The van der Waals surface area contributed by atoms with Gasteiger partial charge in [-0.1, -0.05) is 6.07 Å². The van der Waals surface area contributed by atoms with Crippen molar-refractivity contribution in [2.45, 2.75) is 5.88 Å². The highest BCUT2D eigenvalue weighted by Gasteiger charge is 2.11. The van der Waals surface area contributed by atoms with Gasteiger partial charge in [0.2, 0.25) is 0 Å². The first-order valence-electron chi connectivity index (χ1n) is 5.32. The molecule has 2 rings (SSSR count). The van der Waals surface area contributed by atoms with Gasteiger partial charge in [-0.2, -0.15) is 0 Å². The fourth-order valence-corrected chi connectivity index (χ4v) is 2.78. The molecule has 2 aromatic rings. The number of rotatable bonds is 4. The quantitative estimate of drug-likeness (QED) is 0.512. The Kier molecular flexibility index (Phi) is 3.89. The van der Waals surface area contributed by atoms with Crippen molar-refractivity contribution in [1.29, 1.82) is 5.41 Å². The molecule has 1 aromatic heterocycles. The van der Waals surface area contributed by atoms with E-state index >= 15 is 0 Å². The molecular formula is C13H13ClN2OS. The van der Waals surface area contributed by atoms with E-state index in [1.54, 1.807) is 7.11 Å². The van der Waals surface area contributed by atoms with Gasteiger partial charge < -0.3 is 10.5 Å². The van der Waals surface area contributed by atoms with Gasteiger partial charge in [0.05, 0.1) is 17.9 Å². The van der Waals surface area contributed by atoms with Crippen LogP contribution in [0.15, 0.2) is 29.6 Å². The number of halogens is 1. The van der Waals surface area contributed by atoms with E-state index in [-0.39, 0.29) is 5.84 Å². The summed E-state index contributed by atoms with van der Waals surface area (Å²) < 4.78 is 5.24. The summed E-state index contributed by atoms with van der Waals surface area (Å²) in [7, 11) is 1.62. The smallest absolute Gasteiger partial charge is 0.133 e. The van der Waals surface area contributed by atoms with Crippen LogP contribution in [0.1, 0.15) is 10.4 Å². The van der Waals surface area contributed by atoms with Crippen LogP contribution in [-0.2, 0) is 5.88 Å². The van der Waals surface area contributed by atoms with E-state index in [2.05, 4.69) is 0 Å². The third-order valence-corrected chi connectivity index (χ3v) is 3.88. The summed E-state index contributed by atoms with van der Waals surface area (Å²) in [6.45, 7) is 0. The number of methoxy groups -OCH3 is 1. The first-order chi connectivity index (χ1) is 8.67. The summed E-state index contributed by atoms with van der Waals surface area (Å²) in [6, 6.07) is 7.76. The Hall–Kier alpha value is -1.52. The normalized spacial score (nSPS) is 10.3. The van der Waals surface area contributed by atoms with Crippen molar-refractivity contribution >= 4 is 28.8 Å². The number of ether oxygens (including phenoxy) is 1. The van der Waals surface area contributed by atoms with Gasteiger partial charge in [0, 0.05) is 11.1 Å². The fraction of sp³-hybridized carbons (Fsp3) is 0.154. The zero-order valence-corrected chi connectivity index (χ0v) is 11.4. The number of nitrogen functional groups attached to an aromatic ring is 1. The third kappa shape index (κ3) is 2.35. The van der Waals surface area contributed by atoms with Crippen molar-refractivity contribution in [2.75, 3.05) is 7.11 Å². The van der Waals surface area contributed by atoms with Crippen LogP contribution in [0, 0.1) is 5.41 Å². The summed E-state index contributed by atoms with van der Waals surface area (Å²) >= 11 is 7.36. The van der Waals surface area contributed by atoms with Gasteiger partial charge >= 0.3 is 0 Å². The standard InChI is InChI=1S/C13H13ClN2OS/c1-17-11-3-2-8(6-9(11)7-14)10-4-5-18-12(10)13(15)16/h2-6H,7H2,1H3,(H3,15,16). The molecule has 0 spiro atoms. The van der Waals surface area contributed by atoms with Gasteiger partial charge in [-0.3, -0.25) is 5.41 Å². The highest BCUT2D eigenvalue weighted by atomic mass is 35.5. The second-order valence-corrected chi connectivity index (χ2v) is 4.92. The van der Waals surface area contributed by atoms with E-state index in [0.29, 0.717) is 5.88 Å². The van der Waals surface area contributed by atoms with Gasteiger partial charge in [-0.25, -0.2) is 0 Å². The van der Waals surface area contributed by atoms with Crippen molar-refractivity contribution in [3.8, 4) is 16.9 Å². The van der Waals surface area contributed by atoms with Gasteiger partial charge in [0.15, 0.2) is 0 Å². The second kappa shape index (κ2) is 5.42. The number of hydrogen-bond acceptors (Lipinski definition) is 3. The Morgan fingerprint density at radius 2 is 2.22 bits per heavy atom. The maximum Gasteiger partial charge on any atom is 0.133 e. The van der Waals surface area contributed by atoms with Crippen molar-refractivity contribution in [3.63, 3.8) is 0 Å². The lowest BCUT2D eigenvalue weighted by Crippen LogP contribution is -2.09. The third-order valence-electron chi connectivity index (χ3n) is 2.65. The Balaban J connectivity index is 2.51. The summed E-state index contributed by atoms with van der Waals surface area (Å²) in [5, 5.41) is 9.48. The van der Waals surface area contributed by atoms with Crippen LogP contribution in [0.25, 0.3) is 11.1 Å². The largest absolute Gasteiger partial charge is 0.496 e. The summed E-state index contributed by atoms with van der Waals surface area (Å²) in [5.41, 5.74) is 8.45. The van der Waals surface area contributed by atoms with Gasteiger partial charge in [0.1, 0.15) is 11.6 Å². The van der Waals surface area contributed by atoms with E-state index in [9.17, 15) is 0 Å². The van der Waals surface area contributed by atoms with Crippen LogP contribution in [0.5, 0.6) is 5.75 Å². The van der Waals surface area contributed by atoms with Crippen LogP contribution in [0.4, 0.5) is 0 Å². The van der Waals surface area contributed by atoms with E-state index in [1.807, 2.05) is 29.6 Å². The molecule has 0 aliphatic heterocycles.